The van der Waals surface area contributed by atoms with Gasteiger partial charge in [-0.1, -0.05) is 63.2 Å². The number of hydrogen-bond acceptors (Lipinski definition) is 3. The zero-order valence-electron chi connectivity index (χ0n) is 19.5. The molecule has 2 aromatic carbocycles. The Balaban J connectivity index is 1.45. The van der Waals surface area contributed by atoms with Crippen LogP contribution in [0.5, 0.6) is 5.75 Å². The highest BCUT2D eigenvalue weighted by atomic mass is 16.5. The first kappa shape index (κ1) is 23.8. The average molecular weight is 437 g/mol. The minimum absolute atomic E-state index is 0.00297. The predicted octanol–water partition coefficient (Wildman–Crippen LogP) is 4.77. The number of hydrogen-bond donors (Lipinski definition) is 1. The lowest BCUT2D eigenvalue weighted by Crippen LogP contribution is -2.44. The van der Waals surface area contributed by atoms with E-state index in [0.717, 1.165) is 17.7 Å². The van der Waals surface area contributed by atoms with Gasteiger partial charge in [0.15, 0.2) is 0 Å². The van der Waals surface area contributed by atoms with E-state index in [1.807, 2.05) is 35.2 Å². The van der Waals surface area contributed by atoms with Gasteiger partial charge in [0.2, 0.25) is 11.8 Å². The normalized spacial score (nSPS) is 15.4. The summed E-state index contributed by atoms with van der Waals surface area (Å²) < 4.78 is 5.64. The molecule has 0 saturated carbocycles. The van der Waals surface area contributed by atoms with Crippen LogP contribution in [0, 0.1) is 11.8 Å². The monoisotopic (exact) mass is 436 g/mol. The molecule has 0 aromatic heterocycles. The summed E-state index contributed by atoms with van der Waals surface area (Å²) in [5, 5.41) is 3.27. The van der Waals surface area contributed by atoms with Gasteiger partial charge in [0, 0.05) is 19.0 Å². The van der Waals surface area contributed by atoms with Gasteiger partial charge in [0.25, 0.3) is 0 Å². The molecule has 0 aliphatic carbocycles. The van der Waals surface area contributed by atoms with E-state index in [9.17, 15) is 9.59 Å². The van der Waals surface area contributed by atoms with E-state index in [0.29, 0.717) is 44.9 Å². The molecule has 2 amide bonds. The first-order chi connectivity index (χ1) is 15.5. The molecule has 1 heterocycles. The van der Waals surface area contributed by atoms with Crippen LogP contribution >= 0.6 is 0 Å². The molecule has 32 heavy (non-hydrogen) atoms. The van der Waals surface area contributed by atoms with Gasteiger partial charge in [-0.05, 0) is 48.4 Å². The molecule has 5 nitrogen and oxygen atoms in total. The van der Waals surface area contributed by atoms with Gasteiger partial charge in [0.1, 0.15) is 5.75 Å². The van der Waals surface area contributed by atoms with Gasteiger partial charge in [0.05, 0.1) is 19.1 Å². The second-order valence-electron chi connectivity index (χ2n) is 8.89. The highest BCUT2D eigenvalue weighted by Gasteiger charge is 2.29. The third-order valence-electron chi connectivity index (χ3n) is 6.26. The molecule has 5 heteroatoms. The summed E-state index contributed by atoms with van der Waals surface area (Å²) in [5.74, 6) is 1.23. The van der Waals surface area contributed by atoms with Crippen molar-refractivity contribution in [3.05, 3.63) is 65.7 Å². The molecule has 0 spiro atoms. The van der Waals surface area contributed by atoms with Crippen molar-refractivity contribution in [3.63, 3.8) is 0 Å². The second-order valence-corrected chi connectivity index (χ2v) is 8.89. The lowest BCUT2D eigenvalue weighted by Gasteiger charge is -2.33. The van der Waals surface area contributed by atoms with Gasteiger partial charge in [-0.3, -0.25) is 9.59 Å². The molecule has 3 rings (SSSR count). The highest BCUT2D eigenvalue weighted by Crippen LogP contribution is 2.25. The third-order valence-corrected chi connectivity index (χ3v) is 6.26. The van der Waals surface area contributed by atoms with E-state index >= 15 is 0 Å². The number of nitrogens with one attached hydrogen (secondary N) is 1. The Morgan fingerprint density at radius 1 is 1.03 bits per heavy atom. The highest BCUT2D eigenvalue weighted by molar-refractivity contribution is 5.80. The molecule has 1 unspecified atom stereocenters. The number of benzene rings is 2. The first-order valence-corrected chi connectivity index (χ1v) is 11.8. The SMILES string of the molecule is CCc1ccc(C(NC(=O)C2CCN(C(=O)CCOc3ccccc3)CC2)C(C)C)cc1. The number of ether oxygens (including phenoxy) is 1. The molecule has 0 bridgehead atoms. The fourth-order valence-electron chi connectivity index (χ4n) is 4.19. The summed E-state index contributed by atoms with van der Waals surface area (Å²) in [4.78, 5) is 27.4. The molecule has 1 N–H and O–H groups in total. The zero-order chi connectivity index (χ0) is 22.9. The number of carbonyl (C=O) groups excluding carboxylic acids is 2. The smallest absolute Gasteiger partial charge is 0.225 e. The Hall–Kier alpha value is -2.82. The van der Waals surface area contributed by atoms with Crippen molar-refractivity contribution in [1.29, 1.82) is 0 Å². The van der Waals surface area contributed by atoms with E-state index in [1.165, 1.54) is 5.56 Å². The molecule has 0 radical (unpaired) electrons. The van der Waals surface area contributed by atoms with Crippen molar-refractivity contribution in [2.75, 3.05) is 19.7 Å². The van der Waals surface area contributed by atoms with E-state index in [4.69, 9.17) is 4.74 Å². The summed E-state index contributed by atoms with van der Waals surface area (Å²) in [5.41, 5.74) is 2.45. The molecular weight excluding hydrogens is 400 g/mol. The van der Waals surface area contributed by atoms with Crippen LogP contribution in [0.15, 0.2) is 54.6 Å². The van der Waals surface area contributed by atoms with Crippen LogP contribution in [-0.2, 0) is 16.0 Å². The van der Waals surface area contributed by atoms with Gasteiger partial charge in [-0.2, -0.15) is 0 Å². The van der Waals surface area contributed by atoms with Crippen molar-refractivity contribution >= 4 is 11.8 Å². The number of piperidine rings is 1. The Kier molecular flexibility index (Phi) is 8.72. The van der Waals surface area contributed by atoms with Crippen molar-refractivity contribution in [2.24, 2.45) is 11.8 Å². The maximum atomic E-state index is 13.0. The van der Waals surface area contributed by atoms with Crippen LogP contribution in [0.2, 0.25) is 0 Å². The number of para-hydroxylation sites is 1. The van der Waals surface area contributed by atoms with Crippen LogP contribution < -0.4 is 10.1 Å². The van der Waals surface area contributed by atoms with Crippen molar-refractivity contribution in [2.45, 2.75) is 52.5 Å². The minimum atomic E-state index is -0.0456. The van der Waals surface area contributed by atoms with E-state index in [1.54, 1.807) is 0 Å². The Bertz CT molecular complexity index is 856. The summed E-state index contributed by atoms with van der Waals surface area (Å²) in [6.45, 7) is 8.04. The van der Waals surface area contributed by atoms with Crippen LogP contribution in [0.3, 0.4) is 0 Å². The molecule has 1 aliphatic heterocycles. The largest absolute Gasteiger partial charge is 0.493 e. The lowest BCUT2D eigenvalue weighted by molar-refractivity contribution is -0.136. The van der Waals surface area contributed by atoms with Gasteiger partial charge in [-0.25, -0.2) is 0 Å². The number of nitrogens with zero attached hydrogens (tertiary/aromatic N) is 1. The number of aryl methyl sites for hydroxylation is 1. The molecule has 1 fully saturated rings. The van der Waals surface area contributed by atoms with Crippen molar-refractivity contribution in [3.8, 4) is 5.75 Å². The average Bonchev–Trinajstić information content (AvgIpc) is 2.83. The van der Waals surface area contributed by atoms with Gasteiger partial charge in [-0.15, -0.1) is 0 Å². The molecule has 1 aliphatic rings. The standard InChI is InChI=1S/C27H36N2O3/c1-4-21-10-12-22(13-11-21)26(20(2)3)28-27(31)23-14-17-29(18-15-23)25(30)16-19-32-24-8-6-5-7-9-24/h5-13,20,23,26H,4,14-19H2,1-3H3,(H,28,31). The summed E-state index contributed by atoms with van der Waals surface area (Å²) >= 11 is 0. The summed E-state index contributed by atoms with van der Waals surface area (Å²) in [7, 11) is 0. The Morgan fingerprint density at radius 3 is 2.28 bits per heavy atom. The van der Waals surface area contributed by atoms with Gasteiger partial charge >= 0.3 is 0 Å². The molecule has 1 saturated heterocycles. The maximum Gasteiger partial charge on any atom is 0.225 e. The number of amides is 2. The fourth-order valence-corrected chi connectivity index (χ4v) is 4.19. The minimum Gasteiger partial charge on any atom is -0.493 e. The third kappa shape index (κ3) is 6.59. The van der Waals surface area contributed by atoms with Crippen LogP contribution in [0.25, 0.3) is 0 Å². The molecule has 172 valence electrons. The topological polar surface area (TPSA) is 58.6 Å². The predicted molar refractivity (Wildman–Crippen MR) is 127 cm³/mol. The number of carbonyl (C=O) groups is 2. The lowest BCUT2D eigenvalue weighted by atomic mass is 9.91. The number of rotatable bonds is 9. The fraction of sp³-hybridized carbons (Fsp3) is 0.481. The van der Waals surface area contributed by atoms with Crippen LogP contribution in [-0.4, -0.2) is 36.4 Å². The van der Waals surface area contributed by atoms with Crippen LogP contribution in [0.1, 0.15) is 57.2 Å². The Morgan fingerprint density at radius 2 is 1.69 bits per heavy atom. The van der Waals surface area contributed by atoms with E-state index in [-0.39, 0.29) is 23.8 Å². The molecule has 1 atom stereocenters. The first-order valence-electron chi connectivity index (χ1n) is 11.8. The van der Waals surface area contributed by atoms with E-state index in [2.05, 4.69) is 50.4 Å². The van der Waals surface area contributed by atoms with Crippen molar-refractivity contribution in [1.82, 2.24) is 10.2 Å². The Labute approximate surface area is 192 Å². The second kappa shape index (κ2) is 11.7. The zero-order valence-corrected chi connectivity index (χ0v) is 19.5. The van der Waals surface area contributed by atoms with Gasteiger partial charge < -0.3 is 15.0 Å². The van der Waals surface area contributed by atoms with Crippen LogP contribution in [0.4, 0.5) is 0 Å². The van der Waals surface area contributed by atoms with E-state index < -0.39 is 0 Å². The number of likely N-dealkylation sites (tertiary alicyclic amines) is 1. The maximum absolute atomic E-state index is 13.0. The molecular formula is C27H36N2O3. The quantitative estimate of drug-likeness (QED) is 0.616. The summed E-state index contributed by atoms with van der Waals surface area (Å²) in [6.07, 6.45) is 2.77. The molecule has 2 aromatic rings. The van der Waals surface area contributed by atoms with Crippen molar-refractivity contribution < 1.29 is 14.3 Å². The summed E-state index contributed by atoms with van der Waals surface area (Å²) in [6, 6.07) is 18.1.